The van der Waals surface area contributed by atoms with Gasteiger partial charge < -0.3 is 14.8 Å². The number of carbonyl (C=O) groups excluding carboxylic acids is 1. The Morgan fingerprint density at radius 2 is 1.80 bits per heavy atom. The SMILES string of the molecule is Cc1cccc(-c2nc(C(=S)[C@@H]3C[C@](C)(O)CC(=O)O3)[nH]c2-c2cccc(C)c2)c1. The van der Waals surface area contributed by atoms with Crippen molar-refractivity contribution in [3.05, 3.63) is 65.5 Å². The summed E-state index contributed by atoms with van der Waals surface area (Å²) in [5, 5.41) is 10.4. The lowest BCUT2D eigenvalue weighted by atomic mass is 9.91. The molecule has 2 heterocycles. The van der Waals surface area contributed by atoms with Crippen molar-refractivity contribution < 1.29 is 14.6 Å². The Labute approximate surface area is 181 Å². The molecule has 0 spiro atoms. The molecule has 0 bridgehead atoms. The minimum absolute atomic E-state index is 0.0344. The number of aliphatic hydroxyl groups is 1. The molecule has 0 saturated carbocycles. The number of esters is 1. The predicted octanol–water partition coefficient (Wildman–Crippen LogP) is 4.54. The van der Waals surface area contributed by atoms with E-state index in [1.807, 2.05) is 50.2 Å². The van der Waals surface area contributed by atoms with Crippen molar-refractivity contribution in [2.45, 2.75) is 45.3 Å². The number of benzene rings is 2. The summed E-state index contributed by atoms with van der Waals surface area (Å²) in [4.78, 5) is 20.5. The number of H-pyrrole nitrogens is 1. The van der Waals surface area contributed by atoms with Gasteiger partial charge in [0.05, 0.1) is 28.3 Å². The third-order valence-corrected chi connectivity index (χ3v) is 5.71. The number of thiocarbonyl (C=S) groups is 1. The van der Waals surface area contributed by atoms with E-state index in [0.717, 1.165) is 33.6 Å². The van der Waals surface area contributed by atoms with Crippen LogP contribution in [0, 0.1) is 13.8 Å². The van der Waals surface area contributed by atoms with Gasteiger partial charge in [0.15, 0.2) is 0 Å². The Hall–Kier alpha value is -2.83. The van der Waals surface area contributed by atoms with E-state index in [2.05, 4.69) is 17.1 Å². The maximum Gasteiger partial charge on any atom is 0.309 e. The molecule has 2 atom stereocenters. The number of ether oxygens (including phenoxy) is 1. The lowest BCUT2D eigenvalue weighted by Crippen LogP contribution is -2.44. The highest BCUT2D eigenvalue weighted by Gasteiger charge is 2.39. The number of aryl methyl sites for hydroxylation is 2. The first-order chi connectivity index (χ1) is 14.2. The Bertz CT molecular complexity index is 1070. The summed E-state index contributed by atoms with van der Waals surface area (Å²) in [6, 6.07) is 16.3. The first-order valence-corrected chi connectivity index (χ1v) is 10.3. The zero-order valence-electron chi connectivity index (χ0n) is 17.2. The second kappa shape index (κ2) is 7.78. The minimum atomic E-state index is -1.14. The first-order valence-electron chi connectivity index (χ1n) is 9.92. The average molecular weight is 421 g/mol. The molecule has 4 rings (SSSR count). The zero-order valence-corrected chi connectivity index (χ0v) is 18.0. The van der Waals surface area contributed by atoms with Crippen molar-refractivity contribution in [3.63, 3.8) is 0 Å². The van der Waals surface area contributed by atoms with Crippen molar-refractivity contribution >= 4 is 23.1 Å². The lowest BCUT2D eigenvalue weighted by molar-refractivity contribution is -0.162. The van der Waals surface area contributed by atoms with Crippen LogP contribution in [0.1, 0.15) is 36.7 Å². The van der Waals surface area contributed by atoms with Crippen LogP contribution >= 0.6 is 12.2 Å². The van der Waals surface area contributed by atoms with Crippen molar-refractivity contribution in [2.24, 2.45) is 0 Å². The number of hydrogen-bond acceptors (Lipinski definition) is 5. The number of aromatic amines is 1. The Balaban J connectivity index is 1.79. The molecule has 0 radical (unpaired) electrons. The van der Waals surface area contributed by atoms with Gasteiger partial charge in [0.2, 0.25) is 0 Å². The number of rotatable bonds is 4. The van der Waals surface area contributed by atoms with E-state index in [-0.39, 0.29) is 12.8 Å². The van der Waals surface area contributed by atoms with Gasteiger partial charge in [-0.2, -0.15) is 0 Å². The Morgan fingerprint density at radius 3 is 2.43 bits per heavy atom. The number of cyclic esters (lactones) is 1. The molecule has 0 amide bonds. The minimum Gasteiger partial charge on any atom is -0.456 e. The van der Waals surface area contributed by atoms with Crippen LogP contribution in [0.4, 0.5) is 0 Å². The third kappa shape index (κ3) is 4.20. The molecule has 3 aromatic rings. The van der Waals surface area contributed by atoms with Gasteiger partial charge in [0.1, 0.15) is 11.9 Å². The average Bonchev–Trinajstić information content (AvgIpc) is 3.11. The van der Waals surface area contributed by atoms with E-state index in [0.29, 0.717) is 10.7 Å². The number of hydrogen-bond donors (Lipinski definition) is 2. The predicted molar refractivity (Wildman–Crippen MR) is 120 cm³/mol. The molecule has 6 heteroatoms. The van der Waals surface area contributed by atoms with Crippen molar-refractivity contribution in [1.29, 1.82) is 0 Å². The van der Waals surface area contributed by atoms with Crippen LogP contribution in [-0.4, -0.2) is 37.6 Å². The molecule has 1 saturated heterocycles. The maximum atomic E-state index is 11.9. The Morgan fingerprint density at radius 1 is 1.17 bits per heavy atom. The van der Waals surface area contributed by atoms with Crippen LogP contribution in [0.2, 0.25) is 0 Å². The van der Waals surface area contributed by atoms with Gasteiger partial charge in [-0.25, -0.2) is 4.98 Å². The zero-order chi connectivity index (χ0) is 21.5. The van der Waals surface area contributed by atoms with Gasteiger partial charge in [-0.05, 0) is 32.9 Å². The summed E-state index contributed by atoms with van der Waals surface area (Å²) < 4.78 is 5.44. The molecule has 30 heavy (non-hydrogen) atoms. The van der Waals surface area contributed by atoms with Crippen LogP contribution in [0.3, 0.4) is 0 Å². The van der Waals surface area contributed by atoms with E-state index in [9.17, 15) is 9.90 Å². The van der Waals surface area contributed by atoms with E-state index in [4.69, 9.17) is 21.9 Å². The number of aromatic nitrogens is 2. The molecule has 2 N–H and O–H groups in total. The molecule has 1 aliphatic heterocycles. The molecule has 2 aromatic carbocycles. The van der Waals surface area contributed by atoms with Gasteiger partial charge in [0, 0.05) is 17.5 Å². The lowest BCUT2D eigenvalue weighted by Gasteiger charge is -2.32. The largest absolute Gasteiger partial charge is 0.456 e. The standard InChI is InChI=1S/C24H24N2O3S/c1-14-6-4-8-16(10-14)20-21(17-9-5-7-15(2)11-17)26-23(25-20)22(30)18-12-24(3,28)13-19(27)29-18/h4-11,18,28H,12-13H2,1-3H3,(H,25,26)/t18-,24-/m0/s1. The fourth-order valence-electron chi connectivity index (χ4n) is 3.82. The topological polar surface area (TPSA) is 75.2 Å². The summed E-state index contributed by atoms with van der Waals surface area (Å²) in [6.07, 6.45) is -0.483. The van der Waals surface area contributed by atoms with Crippen molar-refractivity contribution in [3.8, 4) is 22.5 Å². The van der Waals surface area contributed by atoms with Crippen LogP contribution in [0.5, 0.6) is 0 Å². The normalized spacial score (nSPS) is 21.3. The Kier molecular flexibility index (Phi) is 5.30. The third-order valence-electron chi connectivity index (χ3n) is 5.25. The van der Waals surface area contributed by atoms with Gasteiger partial charge in [-0.3, -0.25) is 4.79 Å². The van der Waals surface area contributed by atoms with Gasteiger partial charge >= 0.3 is 5.97 Å². The summed E-state index contributed by atoms with van der Waals surface area (Å²) in [5.74, 6) is 0.0245. The maximum absolute atomic E-state index is 11.9. The van der Waals surface area contributed by atoms with Crippen LogP contribution in [-0.2, 0) is 9.53 Å². The molecule has 0 unspecified atom stereocenters. The van der Waals surface area contributed by atoms with E-state index in [1.165, 1.54) is 0 Å². The van der Waals surface area contributed by atoms with E-state index >= 15 is 0 Å². The fraction of sp³-hybridized carbons (Fsp3) is 0.292. The van der Waals surface area contributed by atoms with Gasteiger partial charge in [0.25, 0.3) is 0 Å². The van der Waals surface area contributed by atoms with Gasteiger partial charge in [-0.1, -0.05) is 59.7 Å². The fourth-order valence-corrected chi connectivity index (χ4v) is 4.05. The second-order valence-electron chi connectivity index (χ2n) is 8.27. The molecular formula is C24H24N2O3S. The highest BCUT2D eigenvalue weighted by Crippen LogP contribution is 2.33. The number of carbonyl (C=O) groups is 1. The smallest absolute Gasteiger partial charge is 0.309 e. The summed E-state index contributed by atoms with van der Waals surface area (Å²) >= 11 is 5.64. The highest BCUT2D eigenvalue weighted by molar-refractivity contribution is 7.81. The monoisotopic (exact) mass is 420 g/mol. The number of imidazole rings is 1. The molecule has 154 valence electrons. The molecule has 5 nitrogen and oxygen atoms in total. The highest BCUT2D eigenvalue weighted by atomic mass is 32.1. The van der Waals surface area contributed by atoms with Crippen molar-refractivity contribution in [1.82, 2.24) is 9.97 Å². The van der Waals surface area contributed by atoms with Crippen LogP contribution in [0.15, 0.2) is 48.5 Å². The van der Waals surface area contributed by atoms with Gasteiger partial charge in [-0.15, -0.1) is 0 Å². The van der Waals surface area contributed by atoms with E-state index < -0.39 is 17.7 Å². The van der Waals surface area contributed by atoms with Crippen LogP contribution < -0.4 is 0 Å². The second-order valence-corrected chi connectivity index (χ2v) is 8.71. The summed E-state index contributed by atoms with van der Waals surface area (Å²) in [6.45, 7) is 5.71. The van der Waals surface area contributed by atoms with Crippen LogP contribution in [0.25, 0.3) is 22.5 Å². The molecule has 1 aromatic heterocycles. The molecular weight excluding hydrogens is 396 g/mol. The number of nitrogens with zero attached hydrogens (tertiary/aromatic N) is 1. The molecule has 0 aliphatic carbocycles. The molecule has 1 aliphatic rings. The quantitative estimate of drug-likeness (QED) is 0.368. The summed E-state index contributed by atoms with van der Waals surface area (Å²) in [7, 11) is 0. The van der Waals surface area contributed by atoms with E-state index in [1.54, 1.807) is 6.92 Å². The first kappa shape index (κ1) is 20.4. The van der Waals surface area contributed by atoms with Crippen molar-refractivity contribution in [2.75, 3.05) is 0 Å². The summed E-state index contributed by atoms with van der Waals surface area (Å²) in [5.41, 5.74) is 4.75. The molecule has 1 fully saturated rings. The number of nitrogens with one attached hydrogen (secondary N) is 1.